The van der Waals surface area contributed by atoms with Gasteiger partial charge in [-0.05, 0) is 19.4 Å². The molecule has 0 saturated heterocycles. The molecule has 2 nitrogen and oxygen atoms in total. The maximum absolute atomic E-state index is 12.1. The van der Waals surface area contributed by atoms with Crippen LogP contribution in [0.2, 0.25) is 0 Å². The monoisotopic (exact) mass is 268 g/mol. The number of hydrogen-bond acceptors (Lipinski definition) is 2. The Balaban J connectivity index is 2.48. The third kappa shape index (κ3) is 2.60. The molecule has 20 heavy (non-hydrogen) atoms. The molecule has 0 spiro atoms. The van der Waals surface area contributed by atoms with E-state index >= 15 is 0 Å². The molecular weight excluding hydrogens is 248 g/mol. The molecule has 0 bridgehead atoms. The summed E-state index contributed by atoms with van der Waals surface area (Å²) in [6.07, 6.45) is 6.15. The van der Waals surface area contributed by atoms with Gasteiger partial charge in [0, 0.05) is 16.9 Å². The molecule has 0 aromatic heterocycles. The van der Waals surface area contributed by atoms with E-state index in [1.165, 1.54) is 7.11 Å². The third-order valence-electron chi connectivity index (χ3n) is 3.92. The van der Waals surface area contributed by atoms with Crippen LogP contribution in [0.5, 0.6) is 0 Å². The normalized spacial score (nSPS) is 24.9. The summed E-state index contributed by atoms with van der Waals surface area (Å²) in [5, 5.41) is 0. The van der Waals surface area contributed by atoms with E-state index < -0.39 is 0 Å². The lowest BCUT2D eigenvalue weighted by atomic mass is 9.73. The van der Waals surface area contributed by atoms with Gasteiger partial charge in [0.05, 0.1) is 7.11 Å². The van der Waals surface area contributed by atoms with Gasteiger partial charge < -0.3 is 4.74 Å². The van der Waals surface area contributed by atoms with E-state index in [9.17, 15) is 4.79 Å². The standard InChI is InChI=1S/C18H20O2/c1-13(2)18(3)11-10-15(14-8-6-5-7-9-14)16(12-18)17(19)20-4/h5-12,15H,1H2,2-4H3. The van der Waals surface area contributed by atoms with Gasteiger partial charge in [-0.25, -0.2) is 4.79 Å². The predicted octanol–water partition coefficient (Wildman–Crippen LogP) is 4.02. The van der Waals surface area contributed by atoms with Crippen LogP contribution in [-0.4, -0.2) is 13.1 Å². The van der Waals surface area contributed by atoms with E-state index in [-0.39, 0.29) is 17.3 Å². The predicted molar refractivity (Wildman–Crippen MR) is 81.3 cm³/mol. The third-order valence-corrected chi connectivity index (χ3v) is 3.92. The topological polar surface area (TPSA) is 26.3 Å². The second kappa shape index (κ2) is 5.49. The van der Waals surface area contributed by atoms with Crippen molar-refractivity contribution < 1.29 is 9.53 Å². The van der Waals surface area contributed by atoms with Crippen molar-refractivity contribution in [2.45, 2.75) is 19.8 Å². The number of hydrogen-bond donors (Lipinski definition) is 0. The maximum atomic E-state index is 12.1. The molecule has 1 aromatic carbocycles. The number of allylic oxidation sites excluding steroid dienone is 4. The van der Waals surface area contributed by atoms with Crippen LogP contribution < -0.4 is 0 Å². The van der Waals surface area contributed by atoms with E-state index in [0.29, 0.717) is 5.57 Å². The summed E-state index contributed by atoms with van der Waals surface area (Å²) < 4.78 is 4.94. The number of carbonyl (C=O) groups is 1. The molecule has 2 heteroatoms. The second-order valence-electron chi connectivity index (χ2n) is 5.40. The summed E-state index contributed by atoms with van der Waals surface area (Å²) in [6.45, 7) is 8.04. The van der Waals surface area contributed by atoms with Gasteiger partial charge in [0.2, 0.25) is 0 Å². The van der Waals surface area contributed by atoms with Crippen LogP contribution in [0, 0.1) is 5.41 Å². The van der Waals surface area contributed by atoms with E-state index in [1.54, 1.807) is 0 Å². The number of esters is 1. The van der Waals surface area contributed by atoms with Gasteiger partial charge in [0.1, 0.15) is 0 Å². The largest absolute Gasteiger partial charge is 0.466 e. The Kier molecular flexibility index (Phi) is 3.93. The zero-order chi connectivity index (χ0) is 14.8. The maximum Gasteiger partial charge on any atom is 0.334 e. The number of rotatable bonds is 3. The van der Waals surface area contributed by atoms with E-state index in [1.807, 2.05) is 43.3 Å². The van der Waals surface area contributed by atoms with Crippen molar-refractivity contribution in [1.29, 1.82) is 0 Å². The molecule has 0 N–H and O–H groups in total. The second-order valence-corrected chi connectivity index (χ2v) is 5.40. The Bertz CT molecular complexity index is 581. The van der Waals surface area contributed by atoms with E-state index in [4.69, 9.17) is 4.74 Å². The van der Waals surface area contributed by atoms with Crippen molar-refractivity contribution in [2.24, 2.45) is 5.41 Å². The van der Waals surface area contributed by atoms with Gasteiger partial charge in [0.15, 0.2) is 0 Å². The van der Waals surface area contributed by atoms with Gasteiger partial charge >= 0.3 is 5.97 Å². The first kappa shape index (κ1) is 14.3. The highest BCUT2D eigenvalue weighted by Crippen LogP contribution is 2.40. The molecule has 1 aliphatic carbocycles. The zero-order valence-corrected chi connectivity index (χ0v) is 12.2. The van der Waals surface area contributed by atoms with Crippen molar-refractivity contribution in [3.05, 3.63) is 71.8 Å². The minimum atomic E-state index is -0.297. The van der Waals surface area contributed by atoms with Crippen LogP contribution in [0.15, 0.2) is 66.3 Å². The number of carbonyl (C=O) groups excluding carboxylic acids is 1. The Morgan fingerprint density at radius 1 is 1.30 bits per heavy atom. The highest BCUT2D eigenvalue weighted by atomic mass is 16.5. The molecule has 0 radical (unpaired) electrons. The van der Waals surface area contributed by atoms with Crippen LogP contribution in [0.25, 0.3) is 0 Å². The van der Waals surface area contributed by atoms with Crippen molar-refractivity contribution in [3.8, 4) is 0 Å². The fourth-order valence-corrected chi connectivity index (χ4v) is 2.38. The van der Waals surface area contributed by atoms with Crippen LogP contribution >= 0.6 is 0 Å². The van der Waals surface area contributed by atoms with Gasteiger partial charge in [-0.3, -0.25) is 0 Å². The van der Waals surface area contributed by atoms with Crippen molar-refractivity contribution in [2.75, 3.05) is 7.11 Å². The smallest absolute Gasteiger partial charge is 0.334 e. The van der Waals surface area contributed by atoms with Crippen LogP contribution in [-0.2, 0) is 9.53 Å². The number of benzene rings is 1. The lowest BCUT2D eigenvalue weighted by molar-refractivity contribution is -0.136. The fourth-order valence-electron chi connectivity index (χ4n) is 2.38. The summed E-state index contributed by atoms with van der Waals surface area (Å²) in [4.78, 5) is 12.1. The average molecular weight is 268 g/mol. The summed E-state index contributed by atoms with van der Waals surface area (Å²) in [7, 11) is 1.42. The van der Waals surface area contributed by atoms with Gasteiger partial charge in [0.25, 0.3) is 0 Å². The minimum absolute atomic E-state index is 0.0592. The minimum Gasteiger partial charge on any atom is -0.466 e. The molecule has 2 rings (SSSR count). The molecule has 0 saturated carbocycles. The van der Waals surface area contributed by atoms with Crippen molar-refractivity contribution >= 4 is 5.97 Å². The molecule has 2 atom stereocenters. The van der Waals surface area contributed by atoms with Crippen molar-refractivity contribution in [3.63, 3.8) is 0 Å². The van der Waals surface area contributed by atoms with Gasteiger partial charge in [-0.2, -0.15) is 0 Å². The lowest BCUT2D eigenvalue weighted by Gasteiger charge is -2.30. The quantitative estimate of drug-likeness (QED) is 0.611. The lowest BCUT2D eigenvalue weighted by Crippen LogP contribution is -2.22. The van der Waals surface area contributed by atoms with E-state index in [2.05, 4.69) is 25.7 Å². The Morgan fingerprint density at radius 3 is 2.50 bits per heavy atom. The van der Waals surface area contributed by atoms with Gasteiger partial charge in [-0.1, -0.05) is 60.7 Å². The van der Waals surface area contributed by atoms with Crippen LogP contribution in [0.1, 0.15) is 25.3 Å². The first-order valence-corrected chi connectivity index (χ1v) is 6.69. The molecule has 0 amide bonds. The average Bonchev–Trinajstić information content (AvgIpc) is 2.47. The molecule has 0 aliphatic heterocycles. The molecule has 1 aromatic rings. The SMILES string of the molecule is C=C(C)C1(C)C=CC(c2ccccc2)C(C(=O)OC)=C1. The Labute approximate surface area is 120 Å². The zero-order valence-electron chi connectivity index (χ0n) is 12.2. The van der Waals surface area contributed by atoms with Gasteiger partial charge in [-0.15, -0.1) is 0 Å². The highest BCUT2D eigenvalue weighted by Gasteiger charge is 2.31. The molecule has 2 unspecified atom stereocenters. The van der Waals surface area contributed by atoms with Crippen molar-refractivity contribution in [1.82, 2.24) is 0 Å². The number of methoxy groups -OCH3 is 1. The first-order chi connectivity index (χ1) is 9.48. The summed E-state index contributed by atoms with van der Waals surface area (Å²) in [5.41, 5.74) is 2.46. The molecule has 0 fully saturated rings. The van der Waals surface area contributed by atoms with Crippen LogP contribution in [0.4, 0.5) is 0 Å². The van der Waals surface area contributed by atoms with Crippen LogP contribution in [0.3, 0.4) is 0 Å². The molecule has 0 heterocycles. The first-order valence-electron chi connectivity index (χ1n) is 6.69. The Hall–Kier alpha value is -2.09. The molecule has 104 valence electrons. The summed E-state index contributed by atoms with van der Waals surface area (Å²) in [5.74, 6) is -0.341. The van der Waals surface area contributed by atoms with E-state index in [0.717, 1.165) is 11.1 Å². The molecular formula is C18H20O2. The Morgan fingerprint density at radius 2 is 1.95 bits per heavy atom. The summed E-state index contributed by atoms with van der Waals surface area (Å²) in [6, 6.07) is 9.97. The fraction of sp³-hybridized carbons (Fsp3) is 0.278. The highest BCUT2D eigenvalue weighted by molar-refractivity contribution is 5.91. The number of ether oxygens (including phenoxy) is 1. The molecule has 1 aliphatic rings. The summed E-state index contributed by atoms with van der Waals surface area (Å²) >= 11 is 0.